The van der Waals surface area contributed by atoms with Crippen LogP contribution in [-0.2, 0) is 21.4 Å². The van der Waals surface area contributed by atoms with Crippen LogP contribution in [0.3, 0.4) is 0 Å². The normalized spacial score (nSPS) is 11.4. The second kappa shape index (κ2) is 14.3. The maximum absolute atomic E-state index is 13.5. The summed E-state index contributed by atoms with van der Waals surface area (Å²) in [4.78, 5) is 12.9. The molecule has 13 heteroatoms. The first kappa shape index (κ1) is 31.7. The number of carbonyl (C=O) groups is 1. The van der Waals surface area contributed by atoms with Gasteiger partial charge in [-0.3, -0.25) is 9.10 Å². The molecule has 0 heterocycles. The summed E-state index contributed by atoms with van der Waals surface area (Å²) in [5, 5.41) is 4.76. The number of sulfonamides is 1. The molecule has 4 aromatic rings. The lowest BCUT2D eigenvalue weighted by Crippen LogP contribution is -2.39. The summed E-state index contributed by atoms with van der Waals surface area (Å²) in [6.45, 7) is -0.326. The first-order valence-electron chi connectivity index (χ1n) is 12.2. The first-order chi connectivity index (χ1) is 20.1. The second-order valence-corrected chi connectivity index (χ2v) is 12.6. The lowest BCUT2D eigenvalue weighted by molar-refractivity contribution is -0.119. The van der Waals surface area contributed by atoms with Crippen LogP contribution in [0.15, 0.2) is 99.4 Å². The summed E-state index contributed by atoms with van der Waals surface area (Å²) in [6.07, 6.45) is 1.39. The Balaban J connectivity index is 1.50. The van der Waals surface area contributed by atoms with Crippen LogP contribution in [0.1, 0.15) is 11.1 Å². The van der Waals surface area contributed by atoms with Gasteiger partial charge in [-0.25, -0.2) is 13.8 Å². The molecule has 0 saturated heterocycles. The van der Waals surface area contributed by atoms with Crippen LogP contribution in [0.4, 0.5) is 5.69 Å². The van der Waals surface area contributed by atoms with E-state index < -0.39 is 22.5 Å². The molecule has 1 N–H and O–H groups in total. The van der Waals surface area contributed by atoms with Gasteiger partial charge in [0.05, 0.1) is 38.4 Å². The summed E-state index contributed by atoms with van der Waals surface area (Å²) in [5.41, 5.74) is 3.91. The van der Waals surface area contributed by atoms with E-state index in [1.165, 1.54) is 37.6 Å². The quantitative estimate of drug-likeness (QED) is 0.130. The standard InChI is InChI=1S/C29H23BrCl3N3O5S/c1-40-26-15-20(14-23(30)29(26)41-18-19-10-12-21(31)13-11-19)16-34-35-27(37)17-36(25-9-5-8-24(32)28(25)33)42(38,39)22-6-3-2-4-7-22/h2-16H,17-18H2,1H3,(H,35,37)/b34-16-. The number of rotatable bonds is 11. The minimum Gasteiger partial charge on any atom is -0.493 e. The Morgan fingerprint density at radius 1 is 1.00 bits per heavy atom. The smallest absolute Gasteiger partial charge is 0.264 e. The number of nitrogens with one attached hydrogen (secondary N) is 1. The Kier molecular flexibility index (Phi) is 10.7. The predicted molar refractivity (Wildman–Crippen MR) is 170 cm³/mol. The average Bonchev–Trinajstić information content (AvgIpc) is 2.98. The van der Waals surface area contributed by atoms with Crippen LogP contribution in [0.5, 0.6) is 11.5 Å². The monoisotopic (exact) mass is 709 g/mol. The number of methoxy groups -OCH3 is 1. The molecular weight excluding hydrogens is 689 g/mol. The van der Waals surface area contributed by atoms with Gasteiger partial charge in [0.25, 0.3) is 15.9 Å². The van der Waals surface area contributed by atoms with Crippen molar-refractivity contribution in [3.63, 3.8) is 0 Å². The molecule has 0 atom stereocenters. The molecule has 8 nitrogen and oxygen atoms in total. The van der Waals surface area contributed by atoms with Crippen molar-refractivity contribution in [2.75, 3.05) is 18.0 Å². The van der Waals surface area contributed by atoms with Crippen LogP contribution < -0.4 is 19.2 Å². The zero-order valence-electron chi connectivity index (χ0n) is 21.9. The van der Waals surface area contributed by atoms with Gasteiger partial charge in [0.1, 0.15) is 13.2 Å². The van der Waals surface area contributed by atoms with Crippen LogP contribution in [0.25, 0.3) is 0 Å². The maximum Gasteiger partial charge on any atom is 0.264 e. The van der Waals surface area contributed by atoms with Crippen molar-refractivity contribution in [1.29, 1.82) is 0 Å². The summed E-state index contributed by atoms with van der Waals surface area (Å²) in [7, 11) is -2.68. The summed E-state index contributed by atoms with van der Waals surface area (Å²) in [6, 6.07) is 22.9. The molecule has 4 aromatic carbocycles. The number of benzene rings is 4. The minimum atomic E-state index is -4.18. The van der Waals surface area contributed by atoms with Crippen molar-refractivity contribution in [1.82, 2.24) is 5.43 Å². The number of anilines is 1. The van der Waals surface area contributed by atoms with Crippen LogP contribution in [0.2, 0.25) is 15.1 Å². The van der Waals surface area contributed by atoms with Crippen LogP contribution in [0, 0.1) is 0 Å². The number of hydrogen-bond donors (Lipinski definition) is 1. The van der Waals surface area contributed by atoms with Gasteiger partial charge in [0.2, 0.25) is 0 Å². The van der Waals surface area contributed by atoms with Crippen molar-refractivity contribution in [3.8, 4) is 11.5 Å². The van der Waals surface area contributed by atoms with Gasteiger partial charge in [-0.15, -0.1) is 0 Å². The Hall–Kier alpha value is -3.28. The van der Waals surface area contributed by atoms with E-state index in [1.54, 1.807) is 48.5 Å². The number of ether oxygens (including phenoxy) is 2. The number of amides is 1. The third kappa shape index (κ3) is 7.76. The molecule has 0 aliphatic carbocycles. The highest BCUT2D eigenvalue weighted by atomic mass is 79.9. The molecule has 0 radical (unpaired) electrons. The third-order valence-electron chi connectivity index (χ3n) is 5.77. The number of halogens is 4. The van der Waals surface area contributed by atoms with Gasteiger partial charge in [0.15, 0.2) is 11.5 Å². The van der Waals surface area contributed by atoms with E-state index >= 15 is 0 Å². The molecule has 0 aromatic heterocycles. The number of nitrogens with zero attached hydrogens (tertiary/aromatic N) is 2. The topological polar surface area (TPSA) is 97.3 Å². The predicted octanol–water partition coefficient (Wildman–Crippen LogP) is 7.34. The van der Waals surface area contributed by atoms with Gasteiger partial charge in [-0.2, -0.15) is 5.10 Å². The first-order valence-corrected chi connectivity index (χ1v) is 15.6. The Labute approximate surface area is 267 Å². The molecule has 0 aliphatic heterocycles. The fraction of sp³-hybridized carbons (Fsp3) is 0.103. The van der Waals surface area contributed by atoms with E-state index in [0.717, 1.165) is 9.87 Å². The molecule has 0 aliphatic rings. The molecule has 0 saturated carbocycles. The van der Waals surface area contributed by atoms with Gasteiger partial charge in [-0.05, 0) is 75.6 Å². The fourth-order valence-corrected chi connectivity index (χ4v) is 6.34. The molecule has 42 heavy (non-hydrogen) atoms. The van der Waals surface area contributed by atoms with E-state index in [2.05, 4.69) is 26.5 Å². The molecule has 218 valence electrons. The molecule has 0 fully saturated rings. The second-order valence-electron chi connectivity index (χ2n) is 8.64. The largest absolute Gasteiger partial charge is 0.493 e. The Morgan fingerprint density at radius 3 is 2.40 bits per heavy atom. The lowest BCUT2D eigenvalue weighted by atomic mass is 10.2. The van der Waals surface area contributed by atoms with Crippen LogP contribution in [-0.4, -0.2) is 34.2 Å². The summed E-state index contributed by atoms with van der Waals surface area (Å²) in [5.74, 6) is 0.200. The van der Waals surface area contributed by atoms with Crippen molar-refractivity contribution in [3.05, 3.63) is 116 Å². The average molecular weight is 712 g/mol. The molecule has 0 spiro atoms. The fourth-order valence-electron chi connectivity index (χ4n) is 3.74. The lowest BCUT2D eigenvalue weighted by Gasteiger charge is -2.24. The number of hydrazone groups is 1. The van der Waals surface area contributed by atoms with E-state index in [0.29, 0.717) is 26.6 Å². The Bertz CT molecular complexity index is 1710. The van der Waals surface area contributed by atoms with E-state index in [9.17, 15) is 13.2 Å². The summed E-state index contributed by atoms with van der Waals surface area (Å²) >= 11 is 21.9. The van der Waals surface area contributed by atoms with Gasteiger partial charge < -0.3 is 9.47 Å². The van der Waals surface area contributed by atoms with E-state index in [1.807, 2.05) is 12.1 Å². The molecular formula is C29H23BrCl3N3O5S. The Morgan fingerprint density at radius 2 is 1.71 bits per heavy atom. The number of carbonyl (C=O) groups excluding carboxylic acids is 1. The van der Waals surface area contributed by atoms with Crippen molar-refractivity contribution in [2.45, 2.75) is 11.5 Å². The zero-order valence-corrected chi connectivity index (χ0v) is 26.6. The number of hydrogen-bond acceptors (Lipinski definition) is 6. The highest BCUT2D eigenvalue weighted by Gasteiger charge is 2.29. The molecule has 1 amide bonds. The van der Waals surface area contributed by atoms with Gasteiger partial charge in [0, 0.05) is 5.02 Å². The molecule has 4 rings (SSSR count). The summed E-state index contributed by atoms with van der Waals surface area (Å²) < 4.78 is 39.9. The highest BCUT2D eigenvalue weighted by molar-refractivity contribution is 9.10. The van der Waals surface area contributed by atoms with Crippen molar-refractivity contribution >= 4 is 78.6 Å². The van der Waals surface area contributed by atoms with Crippen molar-refractivity contribution in [2.24, 2.45) is 5.10 Å². The zero-order chi connectivity index (χ0) is 30.3. The third-order valence-corrected chi connectivity index (χ3v) is 9.19. The minimum absolute atomic E-state index is 0.00899. The van der Waals surface area contributed by atoms with Gasteiger partial charge >= 0.3 is 0 Å². The van der Waals surface area contributed by atoms with Crippen LogP contribution >= 0.6 is 50.7 Å². The molecule has 0 bridgehead atoms. The highest BCUT2D eigenvalue weighted by Crippen LogP contribution is 2.37. The van der Waals surface area contributed by atoms with E-state index in [-0.39, 0.29) is 27.2 Å². The maximum atomic E-state index is 13.5. The SMILES string of the molecule is COc1cc(/C=N\NC(=O)CN(c2cccc(Cl)c2Cl)S(=O)(=O)c2ccccc2)cc(Br)c1OCc1ccc(Cl)cc1. The van der Waals surface area contributed by atoms with Crippen molar-refractivity contribution < 1.29 is 22.7 Å². The van der Waals surface area contributed by atoms with E-state index in [4.69, 9.17) is 44.3 Å². The van der Waals surface area contributed by atoms with Gasteiger partial charge in [-0.1, -0.05) is 71.2 Å². The molecule has 0 unspecified atom stereocenters.